The Balaban J connectivity index is 1.67. The van der Waals surface area contributed by atoms with Crippen LogP contribution in [0.3, 0.4) is 0 Å². The van der Waals surface area contributed by atoms with Gasteiger partial charge in [0.2, 0.25) is 11.8 Å². The van der Waals surface area contributed by atoms with Crippen LogP contribution in [0.5, 0.6) is 0 Å². The zero-order chi connectivity index (χ0) is 18.6. The van der Waals surface area contributed by atoms with Crippen molar-refractivity contribution in [3.05, 3.63) is 0 Å². The third-order valence-corrected chi connectivity index (χ3v) is 6.02. The second-order valence-corrected chi connectivity index (χ2v) is 7.78. The largest absolute Gasteiger partial charge is 0.375 e. The minimum atomic E-state index is -0.604. The van der Waals surface area contributed by atoms with Crippen LogP contribution < -0.4 is 5.32 Å². The fourth-order valence-corrected chi connectivity index (χ4v) is 4.23. The Morgan fingerprint density at radius 3 is 2.23 bits per heavy atom. The molecule has 26 heavy (non-hydrogen) atoms. The van der Waals surface area contributed by atoms with Crippen LogP contribution in [-0.2, 0) is 19.1 Å². The molecule has 3 aliphatic rings. The van der Waals surface area contributed by atoms with Gasteiger partial charge in [-0.3, -0.25) is 9.59 Å². The molecule has 0 bridgehead atoms. The van der Waals surface area contributed by atoms with Crippen LogP contribution in [-0.4, -0.2) is 86.3 Å². The SMILES string of the molecule is CCC1CN(C(=O)CC2(C(=O)N3CCOC(CC)C3)CCNC2)CCO1. The Morgan fingerprint density at radius 1 is 1.04 bits per heavy atom. The highest BCUT2D eigenvalue weighted by atomic mass is 16.5. The van der Waals surface area contributed by atoms with Gasteiger partial charge in [0, 0.05) is 39.1 Å². The number of hydrogen-bond acceptors (Lipinski definition) is 5. The third kappa shape index (κ3) is 4.21. The fourth-order valence-electron chi connectivity index (χ4n) is 4.23. The van der Waals surface area contributed by atoms with Gasteiger partial charge in [-0.1, -0.05) is 13.8 Å². The molecule has 0 aliphatic carbocycles. The maximum Gasteiger partial charge on any atom is 0.230 e. The molecular formula is C19H33N3O4. The maximum absolute atomic E-state index is 13.4. The fraction of sp³-hybridized carbons (Fsp3) is 0.895. The summed E-state index contributed by atoms with van der Waals surface area (Å²) in [7, 11) is 0. The van der Waals surface area contributed by atoms with Gasteiger partial charge in [0.25, 0.3) is 0 Å². The summed E-state index contributed by atoms with van der Waals surface area (Å²) >= 11 is 0. The van der Waals surface area contributed by atoms with Crippen molar-refractivity contribution in [1.82, 2.24) is 15.1 Å². The molecule has 148 valence electrons. The number of nitrogens with one attached hydrogen (secondary N) is 1. The van der Waals surface area contributed by atoms with Crippen molar-refractivity contribution >= 4 is 11.8 Å². The lowest BCUT2D eigenvalue weighted by molar-refractivity contribution is -0.154. The van der Waals surface area contributed by atoms with Crippen molar-refractivity contribution < 1.29 is 19.1 Å². The smallest absolute Gasteiger partial charge is 0.230 e. The van der Waals surface area contributed by atoms with E-state index in [9.17, 15) is 9.59 Å². The Bertz CT molecular complexity index is 507. The lowest BCUT2D eigenvalue weighted by Gasteiger charge is -2.40. The molecule has 3 heterocycles. The molecule has 0 aromatic heterocycles. The quantitative estimate of drug-likeness (QED) is 0.772. The van der Waals surface area contributed by atoms with Gasteiger partial charge in [-0.05, 0) is 25.8 Å². The van der Waals surface area contributed by atoms with Crippen LogP contribution in [0, 0.1) is 5.41 Å². The number of nitrogens with zero attached hydrogens (tertiary/aromatic N) is 2. The minimum Gasteiger partial charge on any atom is -0.375 e. The minimum absolute atomic E-state index is 0.0871. The number of carbonyl (C=O) groups excluding carboxylic acids is 2. The predicted octanol–water partition coefficient (Wildman–Crippen LogP) is 0.631. The zero-order valence-electron chi connectivity index (χ0n) is 16.2. The van der Waals surface area contributed by atoms with Gasteiger partial charge in [0.05, 0.1) is 30.8 Å². The van der Waals surface area contributed by atoms with Crippen molar-refractivity contribution in [2.24, 2.45) is 5.41 Å². The lowest BCUT2D eigenvalue weighted by atomic mass is 9.81. The van der Waals surface area contributed by atoms with Crippen LogP contribution >= 0.6 is 0 Å². The molecule has 0 aromatic carbocycles. The lowest BCUT2D eigenvalue weighted by Crippen LogP contribution is -2.54. The van der Waals surface area contributed by atoms with Crippen LogP contribution in [0.25, 0.3) is 0 Å². The van der Waals surface area contributed by atoms with Gasteiger partial charge < -0.3 is 24.6 Å². The van der Waals surface area contributed by atoms with E-state index in [0.29, 0.717) is 52.4 Å². The van der Waals surface area contributed by atoms with E-state index >= 15 is 0 Å². The molecule has 0 radical (unpaired) electrons. The average molecular weight is 367 g/mol. The summed E-state index contributed by atoms with van der Waals surface area (Å²) < 4.78 is 11.4. The van der Waals surface area contributed by atoms with E-state index in [1.807, 2.05) is 9.80 Å². The Labute approximate surface area is 156 Å². The van der Waals surface area contributed by atoms with Gasteiger partial charge in [-0.2, -0.15) is 0 Å². The van der Waals surface area contributed by atoms with Gasteiger partial charge in [0.15, 0.2) is 0 Å². The molecule has 0 saturated carbocycles. The first kappa shape index (κ1) is 19.6. The second-order valence-electron chi connectivity index (χ2n) is 7.78. The molecule has 1 N–H and O–H groups in total. The molecule has 3 saturated heterocycles. The molecular weight excluding hydrogens is 334 g/mol. The summed E-state index contributed by atoms with van der Waals surface area (Å²) in [5, 5.41) is 3.31. The average Bonchev–Trinajstić information content (AvgIpc) is 3.17. The van der Waals surface area contributed by atoms with E-state index < -0.39 is 5.41 Å². The first-order chi connectivity index (χ1) is 12.6. The molecule has 3 atom stereocenters. The Morgan fingerprint density at radius 2 is 1.65 bits per heavy atom. The zero-order valence-corrected chi connectivity index (χ0v) is 16.2. The Kier molecular flexibility index (Phi) is 6.53. The molecule has 0 aromatic rings. The number of morpholine rings is 2. The Hall–Kier alpha value is -1.18. The highest BCUT2D eigenvalue weighted by molar-refractivity contribution is 5.89. The van der Waals surface area contributed by atoms with Gasteiger partial charge in [-0.25, -0.2) is 0 Å². The van der Waals surface area contributed by atoms with Crippen molar-refractivity contribution in [1.29, 1.82) is 0 Å². The summed E-state index contributed by atoms with van der Waals surface area (Å²) in [6.07, 6.45) is 3.06. The summed E-state index contributed by atoms with van der Waals surface area (Å²) in [5.41, 5.74) is -0.604. The van der Waals surface area contributed by atoms with Crippen LogP contribution in [0.15, 0.2) is 0 Å². The normalized spacial score (nSPS) is 32.7. The molecule has 3 unspecified atom stereocenters. The van der Waals surface area contributed by atoms with Crippen LogP contribution in [0.4, 0.5) is 0 Å². The van der Waals surface area contributed by atoms with Gasteiger partial charge in [-0.15, -0.1) is 0 Å². The standard InChI is InChI=1S/C19H33N3O4/c1-3-15-12-21(7-9-25-15)17(23)11-19(5-6-20-14-19)18(24)22-8-10-26-16(4-2)13-22/h15-16,20H,3-14H2,1-2H3. The molecule has 7 heteroatoms. The molecule has 0 spiro atoms. The highest BCUT2D eigenvalue weighted by Crippen LogP contribution is 2.34. The van der Waals surface area contributed by atoms with Crippen LogP contribution in [0.1, 0.15) is 39.5 Å². The monoisotopic (exact) mass is 367 g/mol. The van der Waals surface area contributed by atoms with Crippen molar-refractivity contribution in [3.63, 3.8) is 0 Å². The first-order valence-corrected chi connectivity index (χ1v) is 10.1. The highest BCUT2D eigenvalue weighted by Gasteiger charge is 2.46. The number of amides is 2. The summed E-state index contributed by atoms with van der Waals surface area (Å²) in [5.74, 6) is 0.210. The van der Waals surface area contributed by atoms with Crippen LogP contribution in [0.2, 0.25) is 0 Å². The van der Waals surface area contributed by atoms with Gasteiger partial charge in [0.1, 0.15) is 0 Å². The van der Waals surface area contributed by atoms with E-state index in [2.05, 4.69) is 19.2 Å². The van der Waals surface area contributed by atoms with E-state index in [1.165, 1.54) is 0 Å². The van der Waals surface area contributed by atoms with Gasteiger partial charge >= 0.3 is 0 Å². The molecule has 3 fully saturated rings. The summed E-state index contributed by atoms with van der Waals surface area (Å²) in [6, 6.07) is 0. The second kappa shape index (κ2) is 8.67. The number of carbonyl (C=O) groups is 2. The van der Waals surface area contributed by atoms with E-state index in [-0.39, 0.29) is 24.0 Å². The van der Waals surface area contributed by atoms with E-state index in [0.717, 1.165) is 25.8 Å². The predicted molar refractivity (Wildman–Crippen MR) is 97.8 cm³/mol. The maximum atomic E-state index is 13.4. The van der Waals surface area contributed by atoms with E-state index in [1.54, 1.807) is 0 Å². The van der Waals surface area contributed by atoms with Crippen molar-refractivity contribution in [2.45, 2.75) is 51.7 Å². The molecule has 3 aliphatic heterocycles. The third-order valence-electron chi connectivity index (χ3n) is 6.02. The van der Waals surface area contributed by atoms with Crippen molar-refractivity contribution in [3.8, 4) is 0 Å². The number of ether oxygens (including phenoxy) is 2. The summed E-state index contributed by atoms with van der Waals surface area (Å²) in [6.45, 7) is 9.25. The molecule has 2 amide bonds. The topological polar surface area (TPSA) is 71.1 Å². The molecule has 3 rings (SSSR count). The first-order valence-electron chi connectivity index (χ1n) is 10.1. The number of rotatable bonds is 5. The van der Waals surface area contributed by atoms with Crippen molar-refractivity contribution in [2.75, 3.05) is 52.5 Å². The van der Waals surface area contributed by atoms with E-state index in [4.69, 9.17) is 9.47 Å². The molecule has 7 nitrogen and oxygen atoms in total. The summed E-state index contributed by atoms with van der Waals surface area (Å²) in [4.78, 5) is 30.1. The number of hydrogen-bond donors (Lipinski definition) is 1.